The van der Waals surface area contributed by atoms with Crippen molar-refractivity contribution in [3.8, 4) is 0 Å². The van der Waals surface area contributed by atoms with Gasteiger partial charge in [-0.1, -0.05) is 109 Å². The summed E-state index contributed by atoms with van der Waals surface area (Å²) in [4.78, 5) is 0.376. The van der Waals surface area contributed by atoms with Crippen LogP contribution >= 0.6 is 0 Å². The first kappa shape index (κ1) is 28.8. The fraction of sp³-hybridized carbons (Fsp3) is 0.314. The monoisotopic (exact) mass is 584 g/mol. The normalized spacial score (nSPS) is 24.5. The zero-order valence-electron chi connectivity index (χ0n) is 23.7. The second-order valence-electron chi connectivity index (χ2n) is 11.1. The van der Waals surface area contributed by atoms with E-state index in [4.69, 9.17) is 18.9 Å². The van der Waals surface area contributed by atoms with Gasteiger partial charge in [0.2, 0.25) is 0 Å². The Bertz CT molecular complexity index is 1560. The molecule has 2 heterocycles. The number of ether oxygens (including phenoxy) is 4. The van der Waals surface area contributed by atoms with Crippen molar-refractivity contribution in [3.05, 3.63) is 137 Å². The van der Waals surface area contributed by atoms with Gasteiger partial charge in [-0.3, -0.25) is 0 Å². The molecule has 4 aromatic rings. The Kier molecular flexibility index (Phi) is 8.84. The first-order valence-corrected chi connectivity index (χ1v) is 16.1. The Balaban J connectivity index is 1.34. The quantitative estimate of drug-likeness (QED) is 0.220. The summed E-state index contributed by atoms with van der Waals surface area (Å²) in [5.41, 5.74) is 4.51. The van der Waals surface area contributed by atoms with Crippen molar-refractivity contribution in [1.29, 1.82) is 0 Å². The van der Waals surface area contributed by atoms with Crippen LogP contribution in [0.4, 0.5) is 0 Å². The molecule has 6 rings (SSSR count). The van der Waals surface area contributed by atoms with Crippen LogP contribution in [0, 0.1) is 12.8 Å². The highest BCUT2D eigenvalue weighted by atomic mass is 32.2. The van der Waals surface area contributed by atoms with Gasteiger partial charge >= 0.3 is 0 Å². The molecule has 1 saturated heterocycles. The standard InChI is InChI=1S/C35H36O6S/c1-25-12-11-19-29-32-30(24-42(36,37)35(25)29)33(39-21-27-15-7-3-8-16-27)34(40-22-28-17-9-4-10-18-28)31(41-32)23-38-20-26-13-5-2-6-14-26/h2-19,30-34H,20-24H2,1H3/t30-,31+,32+,33+,34+/m0/s1. The van der Waals surface area contributed by atoms with Crippen molar-refractivity contribution >= 4 is 9.84 Å². The fourth-order valence-corrected chi connectivity index (χ4v) is 8.24. The molecule has 2 aliphatic rings. The summed E-state index contributed by atoms with van der Waals surface area (Å²) in [7, 11) is -3.57. The molecule has 0 aromatic heterocycles. The third-order valence-electron chi connectivity index (χ3n) is 8.06. The van der Waals surface area contributed by atoms with Crippen LogP contribution in [0.15, 0.2) is 114 Å². The molecule has 0 radical (unpaired) electrons. The number of rotatable bonds is 10. The van der Waals surface area contributed by atoms with E-state index in [9.17, 15) is 8.42 Å². The second-order valence-corrected chi connectivity index (χ2v) is 13.0. The molecule has 0 unspecified atom stereocenters. The molecule has 4 aromatic carbocycles. The van der Waals surface area contributed by atoms with Crippen molar-refractivity contribution in [2.24, 2.45) is 5.92 Å². The largest absolute Gasteiger partial charge is 0.374 e. The van der Waals surface area contributed by atoms with E-state index in [0.29, 0.717) is 30.3 Å². The minimum Gasteiger partial charge on any atom is -0.374 e. The Morgan fingerprint density at radius 1 is 0.690 bits per heavy atom. The highest BCUT2D eigenvalue weighted by Crippen LogP contribution is 2.47. The Morgan fingerprint density at radius 3 is 1.83 bits per heavy atom. The average Bonchev–Trinajstić information content (AvgIpc) is 3.01. The molecule has 5 atom stereocenters. The van der Waals surface area contributed by atoms with E-state index in [1.807, 2.05) is 116 Å². The Morgan fingerprint density at radius 2 is 1.24 bits per heavy atom. The number of fused-ring (bicyclic) bond motifs is 3. The predicted octanol–water partition coefficient (Wildman–Crippen LogP) is 6.23. The molecule has 0 aliphatic carbocycles. The second kappa shape index (κ2) is 12.9. The SMILES string of the molecule is Cc1cccc2c1S(=O)(=O)C[C@@H]1[C@@H](OCc3ccccc3)[C@H](OCc3ccccc3)[C@@H](COCc3ccccc3)O[C@H]21. The zero-order chi connectivity index (χ0) is 28.9. The van der Waals surface area contributed by atoms with E-state index in [2.05, 4.69) is 0 Å². The summed E-state index contributed by atoms with van der Waals surface area (Å²) in [5, 5.41) is 0. The maximum atomic E-state index is 13.7. The van der Waals surface area contributed by atoms with Gasteiger partial charge < -0.3 is 18.9 Å². The lowest BCUT2D eigenvalue weighted by Crippen LogP contribution is -2.57. The number of hydrogen-bond acceptors (Lipinski definition) is 6. The molecular weight excluding hydrogens is 548 g/mol. The summed E-state index contributed by atoms with van der Waals surface area (Å²) < 4.78 is 53.6. The van der Waals surface area contributed by atoms with E-state index in [-0.39, 0.29) is 12.4 Å². The molecule has 0 saturated carbocycles. The predicted molar refractivity (Wildman–Crippen MR) is 160 cm³/mol. The molecule has 0 bridgehead atoms. The van der Waals surface area contributed by atoms with Gasteiger partial charge in [0.25, 0.3) is 0 Å². The average molecular weight is 585 g/mol. The van der Waals surface area contributed by atoms with Crippen LogP contribution in [-0.2, 0) is 48.6 Å². The van der Waals surface area contributed by atoms with Crippen LogP contribution in [0.3, 0.4) is 0 Å². The van der Waals surface area contributed by atoms with Gasteiger partial charge in [0.15, 0.2) is 9.84 Å². The molecule has 7 heteroatoms. The van der Waals surface area contributed by atoms with E-state index in [0.717, 1.165) is 22.3 Å². The smallest absolute Gasteiger partial charge is 0.179 e. The van der Waals surface area contributed by atoms with Crippen molar-refractivity contribution in [3.63, 3.8) is 0 Å². The van der Waals surface area contributed by atoms with E-state index in [1.54, 1.807) is 0 Å². The van der Waals surface area contributed by atoms with Gasteiger partial charge in [-0.15, -0.1) is 0 Å². The van der Waals surface area contributed by atoms with Crippen LogP contribution < -0.4 is 0 Å². The molecule has 0 N–H and O–H groups in total. The minimum absolute atomic E-state index is 0.0717. The van der Waals surface area contributed by atoms with Gasteiger partial charge in [-0.05, 0) is 29.2 Å². The molecule has 1 fully saturated rings. The lowest BCUT2D eigenvalue weighted by molar-refractivity contribution is -0.245. The summed E-state index contributed by atoms with van der Waals surface area (Å²) in [5.74, 6) is -0.517. The summed E-state index contributed by atoms with van der Waals surface area (Å²) >= 11 is 0. The molecule has 6 nitrogen and oxygen atoms in total. The van der Waals surface area contributed by atoms with Crippen molar-refractivity contribution in [2.75, 3.05) is 12.4 Å². The third kappa shape index (κ3) is 6.36. The molecular formula is C35H36O6S. The van der Waals surface area contributed by atoms with Gasteiger partial charge in [0.05, 0.1) is 49.3 Å². The highest BCUT2D eigenvalue weighted by Gasteiger charge is 2.53. The maximum Gasteiger partial charge on any atom is 0.179 e. The van der Waals surface area contributed by atoms with Crippen molar-refractivity contribution in [2.45, 2.75) is 56.1 Å². The number of aryl methyl sites for hydroxylation is 1. The van der Waals surface area contributed by atoms with Gasteiger partial charge in [-0.25, -0.2) is 8.42 Å². The zero-order valence-corrected chi connectivity index (χ0v) is 24.5. The lowest BCUT2D eigenvalue weighted by atomic mass is 9.83. The lowest BCUT2D eigenvalue weighted by Gasteiger charge is -2.48. The summed E-state index contributed by atoms with van der Waals surface area (Å²) in [6, 6.07) is 35.5. The first-order valence-electron chi connectivity index (χ1n) is 14.4. The molecule has 42 heavy (non-hydrogen) atoms. The van der Waals surface area contributed by atoms with Crippen molar-refractivity contribution < 1.29 is 27.4 Å². The molecule has 218 valence electrons. The summed E-state index contributed by atoms with van der Waals surface area (Å²) in [6.07, 6.45) is -2.03. The summed E-state index contributed by atoms with van der Waals surface area (Å²) in [6.45, 7) is 3.22. The number of hydrogen-bond donors (Lipinski definition) is 0. The van der Waals surface area contributed by atoms with Crippen LogP contribution in [0.2, 0.25) is 0 Å². The Hall–Kier alpha value is -3.33. The van der Waals surface area contributed by atoms with Gasteiger partial charge in [0, 0.05) is 11.5 Å². The van der Waals surface area contributed by atoms with E-state index >= 15 is 0 Å². The van der Waals surface area contributed by atoms with Crippen LogP contribution in [0.1, 0.15) is 33.9 Å². The molecule has 0 amide bonds. The van der Waals surface area contributed by atoms with Gasteiger partial charge in [-0.2, -0.15) is 0 Å². The Labute approximate surface area is 248 Å². The van der Waals surface area contributed by atoms with Crippen molar-refractivity contribution in [1.82, 2.24) is 0 Å². The molecule has 0 spiro atoms. The van der Waals surface area contributed by atoms with Crippen LogP contribution in [0.25, 0.3) is 0 Å². The van der Waals surface area contributed by atoms with Crippen LogP contribution in [0.5, 0.6) is 0 Å². The molecule has 2 aliphatic heterocycles. The fourth-order valence-electron chi connectivity index (χ4n) is 6.10. The highest BCUT2D eigenvalue weighted by molar-refractivity contribution is 7.91. The van der Waals surface area contributed by atoms with Gasteiger partial charge in [0.1, 0.15) is 12.2 Å². The topological polar surface area (TPSA) is 71.1 Å². The van der Waals surface area contributed by atoms with Crippen LogP contribution in [-0.4, -0.2) is 39.1 Å². The van der Waals surface area contributed by atoms with E-state index in [1.165, 1.54) is 0 Å². The number of benzene rings is 4. The number of sulfone groups is 1. The maximum absolute atomic E-state index is 13.7. The van der Waals surface area contributed by atoms with E-state index < -0.39 is 40.2 Å². The first-order chi connectivity index (χ1) is 20.5. The third-order valence-corrected chi connectivity index (χ3v) is 10.1. The minimum atomic E-state index is -3.57.